The lowest BCUT2D eigenvalue weighted by Gasteiger charge is -2.25. The molecule has 1 aliphatic heterocycles. The summed E-state index contributed by atoms with van der Waals surface area (Å²) in [4.78, 5) is 24.3. The van der Waals surface area contributed by atoms with Gasteiger partial charge >= 0.3 is 0 Å². The van der Waals surface area contributed by atoms with Crippen LogP contribution >= 0.6 is 11.8 Å². The highest BCUT2D eigenvalue weighted by molar-refractivity contribution is 8.00. The van der Waals surface area contributed by atoms with Crippen LogP contribution < -0.4 is 5.32 Å². The predicted molar refractivity (Wildman–Crippen MR) is 103 cm³/mol. The molecule has 148 valence electrons. The highest BCUT2D eigenvalue weighted by atomic mass is 32.2. The second kappa shape index (κ2) is 7.29. The van der Waals surface area contributed by atoms with Crippen LogP contribution in [0.2, 0.25) is 0 Å². The maximum atomic E-state index is 13.2. The molecule has 4 rings (SSSR count). The zero-order valence-electron chi connectivity index (χ0n) is 14.9. The number of aromatic amines is 1. The monoisotopic (exact) mass is 430 g/mol. The van der Waals surface area contributed by atoms with Crippen LogP contribution in [0.3, 0.4) is 0 Å². The van der Waals surface area contributed by atoms with E-state index in [1.807, 2.05) is 0 Å². The van der Waals surface area contributed by atoms with E-state index in [0.717, 1.165) is 16.1 Å². The van der Waals surface area contributed by atoms with Crippen molar-refractivity contribution in [2.45, 2.75) is 22.3 Å². The third-order valence-electron chi connectivity index (χ3n) is 4.11. The summed E-state index contributed by atoms with van der Waals surface area (Å²) in [6, 6.07) is 12.8. The molecular formula is C17H14N6O4S2. The number of aromatic nitrogens is 4. The van der Waals surface area contributed by atoms with Crippen LogP contribution in [-0.4, -0.2) is 45.2 Å². The second-order valence-corrected chi connectivity index (χ2v) is 8.90. The fourth-order valence-corrected chi connectivity index (χ4v) is 5.84. The molecule has 1 unspecified atom stereocenters. The van der Waals surface area contributed by atoms with Gasteiger partial charge in [0.1, 0.15) is 10.3 Å². The number of carbonyl (C=O) groups excluding carboxylic acids is 2. The lowest BCUT2D eigenvalue weighted by Crippen LogP contribution is -2.32. The number of carbonyl (C=O) groups is 2. The number of nitrogens with zero attached hydrogens (tertiary/aromatic N) is 4. The summed E-state index contributed by atoms with van der Waals surface area (Å²) < 4.78 is 27.2. The average molecular weight is 430 g/mol. The molecule has 10 nitrogen and oxygen atoms in total. The minimum Gasteiger partial charge on any atom is -0.326 e. The number of tetrazole rings is 1. The molecule has 2 aromatic carbocycles. The van der Waals surface area contributed by atoms with E-state index >= 15 is 0 Å². The fraction of sp³-hybridized carbons (Fsp3) is 0.118. The van der Waals surface area contributed by atoms with Gasteiger partial charge in [-0.1, -0.05) is 42.1 Å². The summed E-state index contributed by atoms with van der Waals surface area (Å²) >= 11 is 0.977. The van der Waals surface area contributed by atoms with Crippen molar-refractivity contribution in [1.29, 1.82) is 0 Å². The fourth-order valence-electron chi connectivity index (χ4n) is 2.94. The topological polar surface area (TPSA) is 138 Å². The number of nitrogens with one attached hydrogen (secondary N) is 2. The number of rotatable bonds is 5. The number of sulfonamides is 1. The maximum Gasteiger partial charge on any atom is 0.270 e. The van der Waals surface area contributed by atoms with E-state index in [2.05, 4.69) is 25.9 Å². The van der Waals surface area contributed by atoms with Gasteiger partial charge in [0.25, 0.3) is 15.9 Å². The van der Waals surface area contributed by atoms with Gasteiger partial charge in [0.15, 0.2) is 0 Å². The molecule has 0 radical (unpaired) electrons. The van der Waals surface area contributed by atoms with Gasteiger partial charge in [-0.25, -0.2) is 12.7 Å². The first kappa shape index (κ1) is 19.1. The van der Waals surface area contributed by atoms with E-state index in [1.54, 1.807) is 30.3 Å². The molecule has 0 saturated carbocycles. The molecule has 2 heterocycles. The van der Waals surface area contributed by atoms with Gasteiger partial charge in [-0.2, -0.15) is 5.21 Å². The van der Waals surface area contributed by atoms with Crippen LogP contribution in [0.25, 0.3) is 0 Å². The summed E-state index contributed by atoms with van der Waals surface area (Å²) in [5.74, 6) is -1.03. The summed E-state index contributed by atoms with van der Waals surface area (Å²) in [6.45, 7) is 1.32. The van der Waals surface area contributed by atoms with Crippen LogP contribution in [0.4, 0.5) is 5.69 Å². The Labute approximate surface area is 169 Å². The molecule has 0 spiro atoms. The van der Waals surface area contributed by atoms with Gasteiger partial charge in [0.05, 0.1) is 5.56 Å². The SMILES string of the molecule is CC(=O)Nc1ccc2c(c1)C(=O)N(C(Sc1nn[nH]n1)c1ccccc1)S2(=O)=O. The van der Waals surface area contributed by atoms with Crippen LogP contribution in [-0.2, 0) is 14.8 Å². The number of fused-ring (bicyclic) bond motifs is 1. The van der Waals surface area contributed by atoms with E-state index in [-0.39, 0.29) is 21.5 Å². The molecule has 0 aliphatic carbocycles. The minimum atomic E-state index is -4.13. The lowest BCUT2D eigenvalue weighted by molar-refractivity contribution is -0.114. The molecule has 29 heavy (non-hydrogen) atoms. The highest BCUT2D eigenvalue weighted by Crippen LogP contribution is 2.44. The van der Waals surface area contributed by atoms with Crippen LogP contribution in [0, 0.1) is 0 Å². The van der Waals surface area contributed by atoms with E-state index in [9.17, 15) is 18.0 Å². The molecule has 1 aromatic heterocycles. The Hall–Kier alpha value is -3.25. The minimum absolute atomic E-state index is 0.00843. The number of benzene rings is 2. The summed E-state index contributed by atoms with van der Waals surface area (Å²) in [6.07, 6.45) is 0. The van der Waals surface area contributed by atoms with E-state index in [1.165, 1.54) is 25.1 Å². The standard InChI is InChI=1S/C17H14N6O4S2/c1-10(24)18-12-7-8-14-13(9-12)15(25)23(29(14,26)27)16(11-5-3-2-4-6-11)28-17-19-21-22-20-17/h2-9,16H,1H3,(H,18,24)(H,19,20,21,22). The van der Waals surface area contributed by atoms with Crippen molar-refractivity contribution in [2.24, 2.45) is 0 Å². The Morgan fingerprint density at radius 2 is 1.97 bits per heavy atom. The summed E-state index contributed by atoms with van der Waals surface area (Å²) in [5.41, 5.74) is 0.906. The zero-order chi connectivity index (χ0) is 20.6. The Bertz CT molecular complexity index is 1180. The smallest absolute Gasteiger partial charge is 0.270 e. The summed E-state index contributed by atoms with van der Waals surface area (Å²) in [5, 5.41) is 15.3. The number of amides is 2. The normalized spacial score (nSPS) is 15.8. The van der Waals surface area contributed by atoms with E-state index in [0.29, 0.717) is 11.3 Å². The van der Waals surface area contributed by atoms with Crippen molar-refractivity contribution in [1.82, 2.24) is 24.9 Å². The average Bonchev–Trinajstić information content (AvgIpc) is 3.26. The molecule has 0 bridgehead atoms. The van der Waals surface area contributed by atoms with Crippen molar-refractivity contribution in [3.8, 4) is 0 Å². The third kappa shape index (κ3) is 3.47. The van der Waals surface area contributed by atoms with Gasteiger partial charge in [0.2, 0.25) is 11.1 Å². The van der Waals surface area contributed by atoms with Crippen LogP contribution in [0.1, 0.15) is 28.2 Å². The lowest BCUT2D eigenvalue weighted by atomic mass is 10.1. The van der Waals surface area contributed by atoms with Gasteiger partial charge in [-0.05, 0) is 29.0 Å². The van der Waals surface area contributed by atoms with Gasteiger partial charge in [-0.3, -0.25) is 9.59 Å². The maximum absolute atomic E-state index is 13.2. The van der Waals surface area contributed by atoms with Crippen molar-refractivity contribution in [3.63, 3.8) is 0 Å². The zero-order valence-corrected chi connectivity index (χ0v) is 16.6. The Balaban J connectivity index is 1.80. The molecule has 3 aromatic rings. The largest absolute Gasteiger partial charge is 0.326 e. The predicted octanol–water partition coefficient (Wildman–Crippen LogP) is 1.79. The Morgan fingerprint density at radius 3 is 2.62 bits per heavy atom. The number of H-pyrrole nitrogens is 1. The summed E-state index contributed by atoms with van der Waals surface area (Å²) in [7, 11) is -4.13. The van der Waals surface area contributed by atoms with Crippen molar-refractivity contribution in [3.05, 3.63) is 59.7 Å². The number of anilines is 1. The molecule has 12 heteroatoms. The quantitative estimate of drug-likeness (QED) is 0.584. The Kier molecular flexibility index (Phi) is 4.80. The third-order valence-corrected chi connectivity index (χ3v) is 7.14. The first-order valence-electron chi connectivity index (χ1n) is 8.33. The first-order valence-corrected chi connectivity index (χ1v) is 10.7. The van der Waals surface area contributed by atoms with E-state index < -0.39 is 21.3 Å². The second-order valence-electron chi connectivity index (χ2n) is 6.07. The van der Waals surface area contributed by atoms with E-state index in [4.69, 9.17) is 0 Å². The molecule has 2 N–H and O–H groups in total. The van der Waals surface area contributed by atoms with Crippen molar-refractivity contribution in [2.75, 3.05) is 5.32 Å². The molecule has 0 saturated heterocycles. The first-order chi connectivity index (χ1) is 13.9. The van der Waals surface area contributed by atoms with Crippen molar-refractivity contribution >= 4 is 39.3 Å². The molecule has 1 atom stereocenters. The molecule has 0 fully saturated rings. The number of hydrogen-bond donors (Lipinski definition) is 2. The van der Waals surface area contributed by atoms with Gasteiger partial charge in [-0.15, -0.1) is 10.2 Å². The number of hydrogen-bond acceptors (Lipinski definition) is 8. The highest BCUT2D eigenvalue weighted by Gasteiger charge is 2.46. The Morgan fingerprint density at radius 1 is 1.21 bits per heavy atom. The molecular weight excluding hydrogens is 416 g/mol. The van der Waals surface area contributed by atoms with Gasteiger partial charge < -0.3 is 5.32 Å². The number of thioether (sulfide) groups is 1. The van der Waals surface area contributed by atoms with Crippen LogP contribution in [0.15, 0.2) is 58.6 Å². The van der Waals surface area contributed by atoms with Crippen molar-refractivity contribution < 1.29 is 18.0 Å². The molecule has 1 aliphatic rings. The van der Waals surface area contributed by atoms with Crippen LogP contribution in [0.5, 0.6) is 0 Å². The molecule has 2 amide bonds. The van der Waals surface area contributed by atoms with Gasteiger partial charge in [0, 0.05) is 12.6 Å².